The van der Waals surface area contributed by atoms with E-state index in [1.807, 2.05) is 0 Å². The lowest BCUT2D eigenvalue weighted by molar-refractivity contribution is -0.115. The van der Waals surface area contributed by atoms with Gasteiger partial charge in [-0.05, 0) is 22.9 Å². The van der Waals surface area contributed by atoms with Crippen LogP contribution in [0.5, 0.6) is 0 Å². The van der Waals surface area contributed by atoms with Crippen molar-refractivity contribution in [3.05, 3.63) is 54.4 Å². The fourth-order valence-corrected chi connectivity index (χ4v) is 1.91. The molecule has 0 saturated carbocycles. The van der Waals surface area contributed by atoms with Gasteiger partial charge in [0.1, 0.15) is 0 Å². The van der Waals surface area contributed by atoms with E-state index in [4.69, 9.17) is 0 Å². The number of hydrogen-bond acceptors (Lipinski definition) is 3. The molecular formula is C14H17N3OS. The van der Waals surface area contributed by atoms with E-state index in [0.717, 1.165) is 6.41 Å². The van der Waals surface area contributed by atoms with Gasteiger partial charge in [-0.15, -0.1) is 11.3 Å². The van der Waals surface area contributed by atoms with Crippen molar-refractivity contribution in [2.75, 3.05) is 14.1 Å². The van der Waals surface area contributed by atoms with E-state index >= 15 is 0 Å². The van der Waals surface area contributed by atoms with Gasteiger partial charge in [-0.3, -0.25) is 4.79 Å². The Morgan fingerprint density at radius 1 is 1.26 bits per heavy atom. The second-order valence-electron chi connectivity index (χ2n) is 3.79. The summed E-state index contributed by atoms with van der Waals surface area (Å²) < 4.78 is 1.37. The quantitative estimate of drug-likeness (QED) is 0.694. The molecule has 0 fully saturated rings. The molecule has 0 atom stereocenters. The van der Waals surface area contributed by atoms with Crippen molar-refractivity contribution in [3.63, 3.8) is 0 Å². The highest BCUT2D eigenvalue weighted by Crippen LogP contribution is 2.18. The van der Waals surface area contributed by atoms with Crippen molar-refractivity contribution in [2.45, 2.75) is 0 Å². The number of carbonyl (C=O) groups excluding carboxylic acids is 1. The van der Waals surface area contributed by atoms with E-state index in [-0.39, 0.29) is 0 Å². The molecule has 0 aliphatic rings. The maximum absolute atomic E-state index is 9.43. The minimum absolute atomic E-state index is 0.750. The molecule has 2 heterocycles. The molecule has 0 aliphatic carbocycles. The highest BCUT2D eigenvalue weighted by Gasteiger charge is 1.87. The standard InChI is InChI=1S/C8H6S.C3H4N2.C3H7NO/c1-2-4-8-7(3-1)5-6-9-8;1-2-5-3-4-1;1-4(2)3-5/h1-6H;1-3H,(H,4,5);3H,1-2H3. The van der Waals surface area contributed by atoms with Gasteiger partial charge in [-0.1, -0.05) is 18.2 Å². The second-order valence-corrected chi connectivity index (χ2v) is 4.74. The molecule has 0 radical (unpaired) electrons. The maximum Gasteiger partial charge on any atom is 0.209 e. The largest absolute Gasteiger partial charge is 0.351 e. The molecule has 1 amide bonds. The summed E-state index contributed by atoms with van der Waals surface area (Å²) in [4.78, 5) is 17.3. The number of fused-ring (bicyclic) bond motifs is 1. The first-order chi connectivity index (χ1) is 9.24. The van der Waals surface area contributed by atoms with Crippen LogP contribution in [0.4, 0.5) is 0 Å². The van der Waals surface area contributed by atoms with Gasteiger partial charge in [0.2, 0.25) is 6.41 Å². The molecule has 1 aromatic carbocycles. The number of nitrogens with zero attached hydrogens (tertiary/aromatic N) is 2. The summed E-state index contributed by atoms with van der Waals surface area (Å²) in [5.74, 6) is 0. The van der Waals surface area contributed by atoms with Gasteiger partial charge < -0.3 is 9.88 Å². The predicted octanol–water partition coefficient (Wildman–Crippen LogP) is 3.02. The average molecular weight is 275 g/mol. The lowest BCUT2D eigenvalue weighted by Gasteiger charge is -1.93. The van der Waals surface area contributed by atoms with Gasteiger partial charge in [0.05, 0.1) is 6.33 Å². The van der Waals surface area contributed by atoms with Crippen LogP contribution in [0.25, 0.3) is 10.1 Å². The van der Waals surface area contributed by atoms with E-state index in [1.54, 1.807) is 44.2 Å². The Hall–Kier alpha value is -2.14. The van der Waals surface area contributed by atoms with Crippen LogP contribution in [0, 0.1) is 0 Å². The van der Waals surface area contributed by atoms with Crippen molar-refractivity contribution in [3.8, 4) is 0 Å². The number of hydrogen-bond donors (Lipinski definition) is 1. The molecule has 0 bridgehead atoms. The van der Waals surface area contributed by atoms with Gasteiger partial charge in [-0.25, -0.2) is 4.98 Å². The summed E-state index contributed by atoms with van der Waals surface area (Å²) in [5, 5.41) is 3.47. The number of nitrogens with one attached hydrogen (secondary N) is 1. The van der Waals surface area contributed by atoms with E-state index < -0.39 is 0 Å². The van der Waals surface area contributed by atoms with Crippen molar-refractivity contribution in [1.82, 2.24) is 14.9 Å². The van der Waals surface area contributed by atoms with E-state index in [1.165, 1.54) is 15.0 Å². The molecule has 1 N–H and O–H groups in total. The Morgan fingerprint density at radius 2 is 2.00 bits per heavy atom. The number of amides is 1. The van der Waals surface area contributed by atoms with E-state index in [2.05, 4.69) is 45.7 Å². The van der Waals surface area contributed by atoms with Crippen LogP contribution >= 0.6 is 11.3 Å². The molecule has 0 saturated heterocycles. The number of aromatic nitrogens is 2. The fourth-order valence-electron chi connectivity index (χ4n) is 1.12. The first-order valence-electron chi connectivity index (χ1n) is 5.70. The highest BCUT2D eigenvalue weighted by atomic mass is 32.1. The van der Waals surface area contributed by atoms with Gasteiger partial charge in [0.25, 0.3) is 0 Å². The Morgan fingerprint density at radius 3 is 2.47 bits per heavy atom. The normalized spacial score (nSPS) is 8.74. The zero-order valence-electron chi connectivity index (χ0n) is 11.0. The molecule has 0 spiro atoms. The molecule has 19 heavy (non-hydrogen) atoms. The third-order valence-corrected chi connectivity index (χ3v) is 2.88. The monoisotopic (exact) mass is 275 g/mol. The summed E-state index contributed by atoms with van der Waals surface area (Å²) >= 11 is 1.79. The summed E-state index contributed by atoms with van der Waals surface area (Å²) in [6, 6.07) is 10.5. The van der Waals surface area contributed by atoms with Gasteiger partial charge in [0.15, 0.2) is 0 Å². The second kappa shape index (κ2) is 8.88. The van der Waals surface area contributed by atoms with Crippen molar-refractivity contribution in [1.29, 1.82) is 0 Å². The highest BCUT2D eigenvalue weighted by molar-refractivity contribution is 7.17. The number of thiophene rings is 1. The van der Waals surface area contributed by atoms with Crippen molar-refractivity contribution < 1.29 is 4.79 Å². The number of imidazole rings is 1. The summed E-state index contributed by atoms with van der Waals surface area (Å²) in [7, 11) is 3.38. The molecule has 0 aliphatic heterocycles. The third kappa shape index (κ3) is 6.38. The summed E-state index contributed by atoms with van der Waals surface area (Å²) in [5.41, 5.74) is 0. The van der Waals surface area contributed by atoms with Crippen LogP contribution < -0.4 is 0 Å². The average Bonchev–Trinajstić information content (AvgIpc) is 3.13. The van der Waals surface area contributed by atoms with Crippen molar-refractivity contribution in [2.24, 2.45) is 0 Å². The van der Waals surface area contributed by atoms with Crippen LogP contribution in [0.2, 0.25) is 0 Å². The Labute approximate surface area is 116 Å². The predicted molar refractivity (Wildman–Crippen MR) is 80.2 cm³/mol. The Kier molecular flexibility index (Phi) is 6.97. The van der Waals surface area contributed by atoms with Gasteiger partial charge in [0, 0.05) is 31.2 Å². The van der Waals surface area contributed by atoms with Crippen LogP contribution in [0.1, 0.15) is 0 Å². The number of rotatable bonds is 1. The van der Waals surface area contributed by atoms with Crippen molar-refractivity contribution >= 4 is 27.8 Å². The minimum atomic E-state index is 0.750. The molecule has 0 unspecified atom stereocenters. The van der Waals surface area contributed by atoms with Crippen LogP contribution in [-0.4, -0.2) is 35.4 Å². The molecular weight excluding hydrogens is 258 g/mol. The zero-order chi connectivity index (χ0) is 13.9. The fraction of sp³-hybridized carbons (Fsp3) is 0.143. The molecule has 100 valence electrons. The SMILES string of the molecule is CN(C)C=O.c1c[nH]cn1.c1ccc2sccc2c1. The molecule has 2 aromatic heterocycles. The zero-order valence-corrected chi connectivity index (χ0v) is 11.8. The van der Waals surface area contributed by atoms with Gasteiger partial charge >= 0.3 is 0 Å². The Bertz CT molecular complexity index is 513. The maximum atomic E-state index is 9.43. The smallest absolute Gasteiger partial charge is 0.209 e. The summed E-state index contributed by atoms with van der Waals surface area (Å²) in [6.07, 6.45) is 5.83. The van der Waals surface area contributed by atoms with Crippen LogP contribution in [0.15, 0.2) is 54.4 Å². The number of aromatic amines is 1. The molecule has 3 aromatic rings. The number of carbonyl (C=O) groups is 1. The third-order valence-electron chi connectivity index (χ3n) is 1.98. The topological polar surface area (TPSA) is 49.0 Å². The van der Waals surface area contributed by atoms with E-state index in [9.17, 15) is 4.79 Å². The first-order valence-corrected chi connectivity index (χ1v) is 6.58. The number of benzene rings is 1. The molecule has 5 heteroatoms. The van der Waals surface area contributed by atoms with E-state index in [0.29, 0.717) is 0 Å². The summed E-state index contributed by atoms with van der Waals surface area (Å²) in [6.45, 7) is 0. The van der Waals surface area contributed by atoms with Crippen LogP contribution in [-0.2, 0) is 4.79 Å². The lowest BCUT2D eigenvalue weighted by atomic mass is 10.3. The lowest BCUT2D eigenvalue weighted by Crippen LogP contribution is -2.06. The molecule has 4 nitrogen and oxygen atoms in total. The number of H-pyrrole nitrogens is 1. The Balaban J connectivity index is 0.000000156. The molecule has 3 rings (SSSR count). The van der Waals surface area contributed by atoms with Gasteiger partial charge in [-0.2, -0.15) is 0 Å². The minimum Gasteiger partial charge on any atom is -0.351 e. The van der Waals surface area contributed by atoms with Crippen LogP contribution in [0.3, 0.4) is 0 Å². The first kappa shape index (κ1) is 14.9.